The number of halogens is 1. The third kappa shape index (κ3) is 4.51. The molecule has 5 nitrogen and oxygen atoms in total. The van der Waals surface area contributed by atoms with Crippen LogP contribution in [0, 0.1) is 0 Å². The third-order valence-corrected chi connectivity index (χ3v) is 4.46. The van der Waals surface area contributed by atoms with Gasteiger partial charge in [-0.05, 0) is 43.2 Å². The Hall–Kier alpha value is -1.95. The largest absolute Gasteiger partial charge is 0.348 e. The van der Waals surface area contributed by atoms with E-state index in [0.717, 1.165) is 23.0 Å². The number of nitrogens with zero attached hydrogens (tertiary/aromatic N) is 2. The zero-order chi connectivity index (χ0) is 16.1. The molecule has 120 valence electrons. The molecule has 0 bridgehead atoms. The Morgan fingerprint density at radius 2 is 1.83 bits per heavy atom. The zero-order valence-electron chi connectivity index (χ0n) is 12.8. The molecule has 0 spiro atoms. The van der Waals surface area contributed by atoms with E-state index in [2.05, 4.69) is 36.5 Å². The van der Waals surface area contributed by atoms with Gasteiger partial charge in [-0.25, -0.2) is 9.97 Å². The van der Waals surface area contributed by atoms with E-state index in [1.807, 2.05) is 24.3 Å². The number of aromatic nitrogens is 2. The fourth-order valence-corrected chi connectivity index (χ4v) is 2.98. The van der Waals surface area contributed by atoms with Crippen molar-refractivity contribution in [3.05, 3.63) is 46.7 Å². The van der Waals surface area contributed by atoms with E-state index in [1.165, 1.54) is 19.3 Å². The molecule has 1 heterocycles. The average molecular weight is 375 g/mol. The van der Waals surface area contributed by atoms with Gasteiger partial charge in [0.25, 0.3) is 5.91 Å². The number of carbonyl (C=O) groups is 1. The quantitative estimate of drug-likeness (QED) is 0.846. The maximum Gasteiger partial charge on any atom is 0.270 e. The van der Waals surface area contributed by atoms with Crippen LogP contribution in [0.15, 0.2) is 41.0 Å². The summed E-state index contributed by atoms with van der Waals surface area (Å²) in [5, 5.41) is 6.18. The first-order valence-electron chi connectivity index (χ1n) is 7.87. The van der Waals surface area contributed by atoms with Crippen molar-refractivity contribution in [1.82, 2.24) is 15.3 Å². The molecule has 1 saturated carbocycles. The van der Waals surface area contributed by atoms with Gasteiger partial charge in [-0.15, -0.1) is 0 Å². The Kier molecular flexibility index (Phi) is 5.23. The van der Waals surface area contributed by atoms with Gasteiger partial charge < -0.3 is 10.6 Å². The topological polar surface area (TPSA) is 66.9 Å². The van der Waals surface area contributed by atoms with Gasteiger partial charge in [0.1, 0.15) is 5.69 Å². The molecule has 1 amide bonds. The number of hydrogen-bond donors (Lipinski definition) is 2. The zero-order valence-corrected chi connectivity index (χ0v) is 14.3. The molecule has 23 heavy (non-hydrogen) atoms. The Morgan fingerprint density at radius 3 is 2.57 bits per heavy atom. The van der Waals surface area contributed by atoms with Crippen LogP contribution in [-0.2, 0) is 0 Å². The van der Waals surface area contributed by atoms with Crippen LogP contribution in [0.2, 0.25) is 0 Å². The predicted octanol–water partition coefficient (Wildman–Crippen LogP) is 4.05. The first-order chi connectivity index (χ1) is 11.2. The summed E-state index contributed by atoms with van der Waals surface area (Å²) in [6.45, 7) is 0. The van der Waals surface area contributed by atoms with Crippen LogP contribution in [-0.4, -0.2) is 21.9 Å². The lowest BCUT2D eigenvalue weighted by Gasteiger charge is -2.22. The van der Waals surface area contributed by atoms with E-state index >= 15 is 0 Å². The average Bonchev–Trinajstić information content (AvgIpc) is 2.58. The van der Waals surface area contributed by atoms with E-state index in [4.69, 9.17) is 0 Å². The van der Waals surface area contributed by atoms with Gasteiger partial charge in [0.15, 0.2) is 0 Å². The van der Waals surface area contributed by atoms with E-state index in [1.54, 1.807) is 12.3 Å². The fraction of sp³-hybridized carbons (Fsp3) is 0.353. The minimum absolute atomic E-state index is 0.127. The molecule has 1 aromatic carbocycles. The number of amides is 1. The number of benzene rings is 1. The maximum atomic E-state index is 12.3. The highest BCUT2D eigenvalue weighted by Gasteiger charge is 2.17. The molecule has 6 heteroatoms. The maximum absolute atomic E-state index is 12.3. The van der Waals surface area contributed by atoms with E-state index in [0.29, 0.717) is 11.6 Å². The van der Waals surface area contributed by atoms with Crippen LogP contribution in [0.5, 0.6) is 0 Å². The monoisotopic (exact) mass is 374 g/mol. The molecular formula is C17H19BrN4O. The molecule has 0 saturated heterocycles. The van der Waals surface area contributed by atoms with Gasteiger partial charge in [-0.2, -0.15) is 0 Å². The SMILES string of the molecule is O=C(NC1CCCCC1)c1ccnc(Nc2ccc(Br)cc2)n1. The molecular weight excluding hydrogens is 356 g/mol. The molecule has 1 aromatic heterocycles. The van der Waals surface area contributed by atoms with Gasteiger partial charge in [0.05, 0.1) is 0 Å². The fourth-order valence-electron chi connectivity index (χ4n) is 2.71. The van der Waals surface area contributed by atoms with Gasteiger partial charge in [-0.1, -0.05) is 35.2 Å². The number of nitrogens with one attached hydrogen (secondary N) is 2. The summed E-state index contributed by atoms with van der Waals surface area (Å²) in [5.74, 6) is 0.293. The van der Waals surface area contributed by atoms with Crippen LogP contribution in [0.25, 0.3) is 0 Å². The van der Waals surface area contributed by atoms with Crippen molar-refractivity contribution >= 4 is 33.5 Å². The molecule has 1 fully saturated rings. The van der Waals surface area contributed by atoms with Gasteiger partial charge in [-0.3, -0.25) is 4.79 Å². The van der Waals surface area contributed by atoms with Crippen LogP contribution in [0.1, 0.15) is 42.6 Å². The molecule has 0 aliphatic heterocycles. The van der Waals surface area contributed by atoms with Gasteiger partial charge >= 0.3 is 0 Å². The lowest BCUT2D eigenvalue weighted by molar-refractivity contribution is 0.0922. The Bertz CT molecular complexity index is 669. The van der Waals surface area contributed by atoms with Crippen molar-refractivity contribution in [1.29, 1.82) is 0 Å². The second-order valence-electron chi connectivity index (χ2n) is 5.71. The highest BCUT2D eigenvalue weighted by atomic mass is 79.9. The summed E-state index contributed by atoms with van der Waals surface area (Å²) in [7, 11) is 0. The molecule has 1 aliphatic carbocycles. The van der Waals surface area contributed by atoms with Crippen molar-refractivity contribution in [2.24, 2.45) is 0 Å². The second-order valence-corrected chi connectivity index (χ2v) is 6.62. The standard InChI is InChI=1S/C17H19BrN4O/c18-12-6-8-14(9-7-12)21-17-19-11-10-15(22-17)16(23)20-13-4-2-1-3-5-13/h6-11,13H,1-5H2,(H,20,23)(H,19,21,22). The minimum atomic E-state index is -0.127. The summed E-state index contributed by atoms with van der Waals surface area (Å²) in [4.78, 5) is 20.8. The van der Waals surface area contributed by atoms with Crippen LogP contribution in [0.3, 0.4) is 0 Å². The first-order valence-corrected chi connectivity index (χ1v) is 8.66. The van der Waals surface area contributed by atoms with Crippen molar-refractivity contribution in [3.63, 3.8) is 0 Å². The van der Waals surface area contributed by atoms with Crippen molar-refractivity contribution in [2.75, 3.05) is 5.32 Å². The van der Waals surface area contributed by atoms with Crippen molar-refractivity contribution in [3.8, 4) is 0 Å². The van der Waals surface area contributed by atoms with E-state index in [9.17, 15) is 4.79 Å². The molecule has 0 unspecified atom stereocenters. The first kappa shape index (κ1) is 15.9. The number of carbonyl (C=O) groups excluding carboxylic acids is 1. The molecule has 1 aliphatic rings. The van der Waals surface area contributed by atoms with Gasteiger partial charge in [0, 0.05) is 22.4 Å². The molecule has 3 rings (SSSR count). The summed E-state index contributed by atoms with van der Waals surface area (Å²) >= 11 is 3.40. The smallest absolute Gasteiger partial charge is 0.270 e. The van der Waals surface area contributed by atoms with Crippen LogP contribution in [0.4, 0.5) is 11.6 Å². The molecule has 0 radical (unpaired) electrons. The summed E-state index contributed by atoms with van der Waals surface area (Å²) < 4.78 is 1.00. The Balaban J connectivity index is 1.66. The van der Waals surface area contributed by atoms with Crippen molar-refractivity contribution in [2.45, 2.75) is 38.1 Å². The van der Waals surface area contributed by atoms with Crippen LogP contribution >= 0.6 is 15.9 Å². The third-order valence-electron chi connectivity index (χ3n) is 3.93. The highest BCUT2D eigenvalue weighted by Crippen LogP contribution is 2.19. The molecule has 2 N–H and O–H groups in total. The van der Waals surface area contributed by atoms with Gasteiger partial charge in [0.2, 0.25) is 5.95 Å². The van der Waals surface area contributed by atoms with Crippen molar-refractivity contribution < 1.29 is 4.79 Å². The Morgan fingerprint density at radius 1 is 1.09 bits per heavy atom. The van der Waals surface area contributed by atoms with Crippen LogP contribution < -0.4 is 10.6 Å². The lowest BCUT2D eigenvalue weighted by atomic mass is 9.95. The molecule has 0 atom stereocenters. The Labute approximate surface area is 144 Å². The normalized spacial score (nSPS) is 15.2. The second kappa shape index (κ2) is 7.55. The molecule has 2 aromatic rings. The summed E-state index contributed by atoms with van der Waals surface area (Å²) in [6.07, 6.45) is 7.35. The van der Waals surface area contributed by atoms with E-state index in [-0.39, 0.29) is 11.9 Å². The highest BCUT2D eigenvalue weighted by molar-refractivity contribution is 9.10. The number of rotatable bonds is 4. The predicted molar refractivity (Wildman–Crippen MR) is 93.8 cm³/mol. The lowest BCUT2D eigenvalue weighted by Crippen LogP contribution is -2.36. The minimum Gasteiger partial charge on any atom is -0.348 e. The number of hydrogen-bond acceptors (Lipinski definition) is 4. The number of anilines is 2. The van der Waals surface area contributed by atoms with E-state index < -0.39 is 0 Å². The summed E-state index contributed by atoms with van der Waals surface area (Å²) in [6, 6.07) is 9.62. The summed E-state index contributed by atoms with van der Waals surface area (Å²) in [5.41, 5.74) is 1.27.